The van der Waals surface area contributed by atoms with Crippen LogP contribution in [0.4, 0.5) is 11.4 Å². The van der Waals surface area contributed by atoms with Gasteiger partial charge in [0.2, 0.25) is 0 Å². The number of rotatable bonds is 9. The molecule has 1 aromatic rings. The average Bonchev–Trinajstić information content (AvgIpc) is 2.55. The van der Waals surface area contributed by atoms with Crippen molar-refractivity contribution in [2.24, 2.45) is 0 Å². The van der Waals surface area contributed by atoms with Gasteiger partial charge in [-0.15, -0.1) is 0 Å². The van der Waals surface area contributed by atoms with Gasteiger partial charge in [-0.05, 0) is 31.1 Å². The van der Waals surface area contributed by atoms with Crippen molar-refractivity contribution in [3.8, 4) is 5.75 Å². The molecule has 0 aliphatic rings. The normalized spacial score (nSPS) is 10.2. The van der Waals surface area contributed by atoms with Crippen molar-refractivity contribution in [3.63, 3.8) is 0 Å². The molecule has 0 aliphatic carbocycles. The molecule has 0 aliphatic heterocycles. The Balaban J connectivity index is 2.85. The van der Waals surface area contributed by atoms with Crippen LogP contribution in [-0.2, 0) is 0 Å². The first kappa shape index (κ1) is 19.2. The Kier molecular flexibility index (Phi) is 8.32. The van der Waals surface area contributed by atoms with Crippen molar-refractivity contribution in [1.82, 2.24) is 4.90 Å². The molecule has 0 bridgehead atoms. The number of thiocarbonyl (C=S) groups is 1. The highest BCUT2D eigenvalue weighted by Crippen LogP contribution is 2.29. The molecule has 0 atom stereocenters. The van der Waals surface area contributed by atoms with E-state index in [1.54, 1.807) is 6.07 Å². The topological polar surface area (TPSA) is 67.6 Å². The molecule has 0 aromatic heterocycles. The van der Waals surface area contributed by atoms with Gasteiger partial charge in [-0.1, -0.05) is 26.7 Å². The molecular formula is C16H25N3O3S. The van der Waals surface area contributed by atoms with E-state index in [9.17, 15) is 10.1 Å². The van der Waals surface area contributed by atoms with E-state index in [0.717, 1.165) is 38.8 Å². The highest BCUT2D eigenvalue weighted by molar-refractivity contribution is 7.80. The summed E-state index contributed by atoms with van der Waals surface area (Å²) in [4.78, 5) is 12.5. The van der Waals surface area contributed by atoms with Crippen molar-refractivity contribution in [2.75, 3.05) is 25.5 Å². The summed E-state index contributed by atoms with van der Waals surface area (Å²) in [5, 5.41) is 14.6. The molecule has 0 unspecified atom stereocenters. The van der Waals surface area contributed by atoms with Crippen LogP contribution in [0.15, 0.2) is 18.2 Å². The summed E-state index contributed by atoms with van der Waals surface area (Å²) in [6.45, 7) is 6.09. The Labute approximate surface area is 143 Å². The maximum atomic E-state index is 10.8. The number of nitrogens with one attached hydrogen (secondary N) is 1. The molecule has 0 radical (unpaired) electrons. The predicted molar refractivity (Wildman–Crippen MR) is 97.3 cm³/mol. The quantitative estimate of drug-likeness (QED) is 0.413. The van der Waals surface area contributed by atoms with Crippen molar-refractivity contribution in [3.05, 3.63) is 28.3 Å². The molecule has 6 nitrogen and oxygen atoms in total. The molecule has 0 saturated carbocycles. The van der Waals surface area contributed by atoms with Gasteiger partial charge in [-0.25, -0.2) is 0 Å². The first-order valence-electron chi connectivity index (χ1n) is 7.91. The summed E-state index contributed by atoms with van der Waals surface area (Å²) in [5.41, 5.74) is 0.633. The number of anilines is 1. The number of nitro groups is 1. The van der Waals surface area contributed by atoms with Crippen LogP contribution in [0, 0.1) is 10.1 Å². The Morgan fingerprint density at radius 2 is 1.91 bits per heavy atom. The number of hydrogen-bond donors (Lipinski definition) is 1. The van der Waals surface area contributed by atoms with Gasteiger partial charge in [0.05, 0.1) is 23.8 Å². The van der Waals surface area contributed by atoms with Gasteiger partial charge in [0.1, 0.15) is 5.75 Å². The molecule has 7 heteroatoms. The zero-order valence-electron chi connectivity index (χ0n) is 14.0. The largest absolute Gasteiger partial charge is 0.494 e. The van der Waals surface area contributed by atoms with Crippen LogP contribution in [0.25, 0.3) is 0 Å². The van der Waals surface area contributed by atoms with Crippen LogP contribution in [0.5, 0.6) is 5.75 Å². The molecule has 128 valence electrons. The van der Waals surface area contributed by atoms with E-state index in [4.69, 9.17) is 17.0 Å². The minimum absolute atomic E-state index is 0.00728. The van der Waals surface area contributed by atoms with Crippen LogP contribution in [0.2, 0.25) is 0 Å². The van der Waals surface area contributed by atoms with E-state index in [1.807, 2.05) is 0 Å². The Hall–Kier alpha value is -1.89. The Bertz CT molecular complexity index is 529. The van der Waals surface area contributed by atoms with Gasteiger partial charge in [0.25, 0.3) is 5.69 Å². The number of non-ortho nitro benzene ring substituents is 1. The van der Waals surface area contributed by atoms with Crippen LogP contribution < -0.4 is 10.1 Å². The fourth-order valence-electron chi connectivity index (χ4n) is 2.10. The smallest absolute Gasteiger partial charge is 0.273 e. The summed E-state index contributed by atoms with van der Waals surface area (Å²) in [7, 11) is 1.49. The highest BCUT2D eigenvalue weighted by atomic mass is 32.1. The third-order valence-electron chi connectivity index (χ3n) is 3.49. The third-order valence-corrected chi connectivity index (χ3v) is 3.85. The minimum atomic E-state index is -0.445. The van der Waals surface area contributed by atoms with E-state index in [0.29, 0.717) is 16.5 Å². The van der Waals surface area contributed by atoms with E-state index >= 15 is 0 Å². The first-order valence-corrected chi connectivity index (χ1v) is 8.32. The molecule has 1 aromatic carbocycles. The SMILES string of the molecule is CCCCN(CCCC)C(=S)Nc1ccc([N+](=O)[O-])cc1OC. The lowest BCUT2D eigenvalue weighted by Crippen LogP contribution is -2.36. The van der Waals surface area contributed by atoms with Crippen molar-refractivity contribution in [1.29, 1.82) is 0 Å². The van der Waals surface area contributed by atoms with Crippen molar-refractivity contribution < 1.29 is 9.66 Å². The highest BCUT2D eigenvalue weighted by Gasteiger charge is 2.14. The summed E-state index contributed by atoms with van der Waals surface area (Å²) in [6, 6.07) is 4.46. The number of benzene rings is 1. The zero-order chi connectivity index (χ0) is 17.2. The van der Waals surface area contributed by atoms with Gasteiger partial charge in [0, 0.05) is 19.2 Å². The standard InChI is InChI=1S/C16H25N3O3S/c1-4-6-10-18(11-7-5-2)16(23)17-14-9-8-13(19(20)21)12-15(14)22-3/h8-9,12H,4-7,10-11H2,1-3H3,(H,17,23). The molecule has 0 heterocycles. The van der Waals surface area contributed by atoms with E-state index in [-0.39, 0.29) is 5.69 Å². The Morgan fingerprint density at radius 3 is 2.39 bits per heavy atom. The summed E-state index contributed by atoms with van der Waals surface area (Å²) in [5.74, 6) is 0.410. The van der Waals surface area contributed by atoms with Gasteiger partial charge < -0.3 is 15.0 Å². The van der Waals surface area contributed by atoms with Crippen LogP contribution in [-0.4, -0.2) is 35.1 Å². The summed E-state index contributed by atoms with van der Waals surface area (Å²) in [6.07, 6.45) is 4.35. The molecular weight excluding hydrogens is 314 g/mol. The average molecular weight is 339 g/mol. The molecule has 1 rings (SSSR count). The van der Waals surface area contributed by atoms with Crippen LogP contribution in [0.3, 0.4) is 0 Å². The molecule has 0 spiro atoms. The Morgan fingerprint density at radius 1 is 1.30 bits per heavy atom. The van der Waals surface area contributed by atoms with Gasteiger partial charge in [-0.2, -0.15) is 0 Å². The number of ether oxygens (including phenoxy) is 1. The van der Waals surface area contributed by atoms with Crippen molar-refractivity contribution >= 4 is 28.7 Å². The lowest BCUT2D eigenvalue weighted by molar-refractivity contribution is -0.384. The number of unbranched alkanes of at least 4 members (excludes halogenated alkanes) is 2. The minimum Gasteiger partial charge on any atom is -0.494 e. The molecule has 0 fully saturated rings. The van der Waals surface area contributed by atoms with E-state index < -0.39 is 4.92 Å². The van der Waals surface area contributed by atoms with Gasteiger partial charge >= 0.3 is 0 Å². The second-order valence-corrected chi connectivity index (χ2v) is 5.65. The molecule has 0 saturated heterocycles. The summed E-state index contributed by atoms with van der Waals surface area (Å²) < 4.78 is 5.23. The second kappa shape index (κ2) is 9.99. The zero-order valence-corrected chi connectivity index (χ0v) is 14.8. The third kappa shape index (κ3) is 6.02. The predicted octanol–water partition coefficient (Wildman–Crippen LogP) is 4.20. The van der Waals surface area contributed by atoms with Crippen molar-refractivity contribution in [2.45, 2.75) is 39.5 Å². The number of nitrogens with zero attached hydrogens (tertiary/aromatic N) is 2. The molecule has 0 amide bonds. The lowest BCUT2D eigenvalue weighted by Gasteiger charge is -2.26. The lowest BCUT2D eigenvalue weighted by atomic mass is 10.2. The second-order valence-electron chi connectivity index (χ2n) is 5.27. The number of methoxy groups -OCH3 is 1. The fraction of sp³-hybridized carbons (Fsp3) is 0.562. The number of hydrogen-bond acceptors (Lipinski definition) is 4. The van der Waals surface area contributed by atoms with E-state index in [2.05, 4.69) is 24.1 Å². The molecule has 23 heavy (non-hydrogen) atoms. The maximum Gasteiger partial charge on any atom is 0.273 e. The number of nitro benzene ring substituents is 1. The van der Waals surface area contributed by atoms with Gasteiger partial charge in [0.15, 0.2) is 5.11 Å². The maximum absolute atomic E-state index is 10.8. The summed E-state index contributed by atoms with van der Waals surface area (Å²) >= 11 is 5.50. The fourth-order valence-corrected chi connectivity index (χ4v) is 2.40. The van der Waals surface area contributed by atoms with Gasteiger partial charge in [-0.3, -0.25) is 10.1 Å². The molecule has 1 N–H and O–H groups in total. The monoisotopic (exact) mass is 339 g/mol. The van der Waals surface area contributed by atoms with Crippen LogP contribution in [0.1, 0.15) is 39.5 Å². The van der Waals surface area contributed by atoms with E-state index in [1.165, 1.54) is 19.2 Å². The first-order chi connectivity index (χ1) is 11.0. The van der Waals surface area contributed by atoms with Crippen LogP contribution >= 0.6 is 12.2 Å².